The molecular formula is C24H26N2O2. The fourth-order valence-electron chi connectivity index (χ4n) is 5.20. The van der Waals surface area contributed by atoms with Crippen LogP contribution in [0.5, 0.6) is 5.75 Å². The smallest absolute Gasteiger partial charge is 0.262 e. The SMILES string of the molecule is COc1ccc(N2C(=O)c3ccccc3NC2C2=CCC3CC2C3(C)C)cc1. The van der Waals surface area contributed by atoms with Crippen molar-refractivity contribution in [2.75, 3.05) is 17.3 Å². The molecule has 2 aromatic carbocycles. The molecule has 1 fully saturated rings. The van der Waals surface area contributed by atoms with Crippen molar-refractivity contribution >= 4 is 17.3 Å². The van der Waals surface area contributed by atoms with Crippen LogP contribution in [0.25, 0.3) is 0 Å². The van der Waals surface area contributed by atoms with Gasteiger partial charge in [-0.1, -0.05) is 32.1 Å². The molecule has 1 saturated carbocycles. The van der Waals surface area contributed by atoms with E-state index in [1.165, 1.54) is 12.0 Å². The van der Waals surface area contributed by atoms with Gasteiger partial charge in [0.1, 0.15) is 11.9 Å². The normalized spacial score (nSPS) is 27.2. The van der Waals surface area contributed by atoms with E-state index in [0.29, 0.717) is 11.3 Å². The first kappa shape index (κ1) is 17.4. The van der Waals surface area contributed by atoms with Gasteiger partial charge in [0.15, 0.2) is 0 Å². The topological polar surface area (TPSA) is 41.6 Å². The molecule has 4 aliphatic rings. The Morgan fingerprint density at radius 1 is 1.11 bits per heavy atom. The second-order valence-electron chi connectivity index (χ2n) is 8.71. The number of fused-ring (bicyclic) bond motifs is 2. The molecule has 6 rings (SSSR count). The number of hydrogen-bond acceptors (Lipinski definition) is 3. The van der Waals surface area contributed by atoms with E-state index in [-0.39, 0.29) is 12.1 Å². The molecule has 0 radical (unpaired) electrons. The number of nitrogens with zero attached hydrogens (tertiary/aromatic N) is 1. The van der Waals surface area contributed by atoms with Gasteiger partial charge in [0, 0.05) is 11.4 Å². The maximum Gasteiger partial charge on any atom is 0.262 e. The van der Waals surface area contributed by atoms with E-state index in [2.05, 4.69) is 25.2 Å². The van der Waals surface area contributed by atoms with E-state index in [9.17, 15) is 4.79 Å². The first-order valence-corrected chi connectivity index (χ1v) is 10.0. The second-order valence-corrected chi connectivity index (χ2v) is 8.71. The van der Waals surface area contributed by atoms with Gasteiger partial charge in [0.2, 0.25) is 0 Å². The average Bonchev–Trinajstić information content (AvgIpc) is 2.73. The predicted molar refractivity (Wildman–Crippen MR) is 112 cm³/mol. The third kappa shape index (κ3) is 2.40. The number of benzene rings is 2. The van der Waals surface area contributed by atoms with Gasteiger partial charge in [-0.25, -0.2) is 0 Å². The molecule has 2 bridgehead atoms. The third-order valence-electron chi connectivity index (χ3n) is 7.10. The fraction of sp³-hybridized carbons (Fsp3) is 0.375. The van der Waals surface area contributed by atoms with E-state index in [1.807, 2.05) is 53.4 Å². The van der Waals surface area contributed by atoms with E-state index in [0.717, 1.165) is 35.0 Å². The number of carbonyl (C=O) groups excluding carboxylic acids is 1. The maximum atomic E-state index is 13.5. The Morgan fingerprint density at radius 3 is 2.54 bits per heavy atom. The highest BCUT2D eigenvalue weighted by molar-refractivity contribution is 6.12. The summed E-state index contributed by atoms with van der Waals surface area (Å²) in [6.45, 7) is 4.74. The van der Waals surface area contributed by atoms with Gasteiger partial charge in [-0.05, 0) is 72.1 Å². The van der Waals surface area contributed by atoms with Crippen molar-refractivity contribution in [2.24, 2.45) is 17.3 Å². The van der Waals surface area contributed by atoms with Crippen LogP contribution in [0.2, 0.25) is 0 Å². The number of carbonyl (C=O) groups is 1. The number of para-hydroxylation sites is 1. The van der Waals surface area contributed by atoms with Crippen LogP contribution in [-0.4, -0.2) is 19.2 Å². The molecule has 1 aliphatic heterocycles. The van der Waals surface area contributed by atoms with Crippen LogP contribution in [0.1, 0.15) is 37.0 Å². The maximum absolute atomic E-state index is 13.5. The summed E-state index contributed by atoms with van der Waals surface area (Å²) in [6.07, 6.45) is 4.55. The Kier molecular flexibility index (Phi) is 3.80. The number of nitrogens with one attached hydrogen (secondary N) is 1. The van der Waals surface area contributed by atoms with E-state index in [1.54, 1.807) is 7.11 Å². The van der Waals surface area contributed by atoms with Crippen molar-refractivity contribution < 1.29 is 9.53 Å². The van der Waals surface area contributed by atoms with Gasteiger partial charge in [0.05, 0.1) is 12.7 Å². The first-order chi connectivity index (χ1) is 13.5. The Bertz CT molecular complexity index is 961. The highest BCUT2D eigenvalue weighted by Crippen LogP contribution is 2.60. The number of allylic oxidation sites excluding steroid dienone is 1. The fourth-order valence-corrected chi connectivity index (χ4v) is 5.20. The molecule has 1 N–H and O–H groups in total. The van der Waals surface area contributed by atoms with Crippen LogP contribution in [0.4, 0.5) is 11.4 Å². The Balaban J connectivity index is 1.60. The zero-order valence-corrected chi connectivity index (χ0v) is 16.6. The monoisotopic (exact) mass is 374 g/mol. The van der Waals surface area contributed by atoms with Crippen LogP contribution in [0.3, 0.4) is 0 Å². The van der Waals surface area contributed by atoms with Gasteiger partial charge in [-0.2, -0.15) is 0 Å². The molecule has 2 aromatic rings. The van der Waals surface area contributed by atoms with Gasteiger partial charge >= 0.3 is 0 Å². The summed E-state index contributed by atoms with van der Waals surface area (Å²) < 4.78 is 5.30. The zero-order chi connectivity index (χ0) is 19.5. The molecule has 4 heteroatoms. The number of ether oxygens (including phenoxy) is 1. The summed E-state index contributed by atoms with van der Waals surface area (Å²) in [4.78, 5) is 15.5. The molecule has 0 saturated heterocycles. The Hall–Kier alpha value is -2.75. The van der Waals surface area contributed by atoms with Gasteiger partial charge in [-0.15, -0.1) is 0 Å². The van der Waals surface area contributed by atoms with Crippen LogP contribution in [-0.2, 0) is 0 Å². The molecule has 0 aromatic heterocycles. The lowest BCUT2D eigenvalue weighted by Gasteiger charge is -2.58. The van der Waals surface area contributed by atoms with E-state index < -0.39 is 0 Å². The molecule has 3 atom stereocenters. The van der Waals surface area contributed by atoms with Crippen LogP contribution >= 0.6 is 0 Å². The van der Waals surface area contributed by atoms with Crippen molar-refractivity contribution in [3.8, 4) is 5.75 Å². The average molecular weight is 374 g/mol. The number of hydrogen-bond donors (Lipinski definition) is 1. The Labute approximate surface area is 166 Å². The van der Waals surface area contributed by atoms with Crippen molar-refractivity contribution in [3.63, 3.8) is 0 Å². The van der Waals surface area contributed by atoms with E-state index in [4.69, 9.17) is 4.74 Å². The summed E-state index contributed by atoms with van der Waals surface area (Å²) in [5.41, 5.74) is 4.18. The van der Waals surface area contributed by atoms with Gasteiger partial charge in [0.25, 0.3) is 5.91 Å². The number of methoxy groups -OCH3 is 1. The molecule has 0 spiro atoms. The minimum absolute atomic E-state index is 0.0460. The number of anilines is 2. The zero-order valence-electron chi connectivity index (χ0n) is 16.6. The predicted octanol–water partition coefficient (Wildman–Crippen LogP) is 5.09. The minimum Gasteiger partial charge on any atom is -0.497 e. The summed E-state index contributed by atoms with van der Waals surface area (Å²) in [5.74, 6) is 2.12. The van der Waals surface area contributed by atoms with Crippen LogP contribution in [0, 0.1) is 17.3 Å². The molecule has 28 heavy (non-hydrogen) atoms. The van der Waals surface area contributed by atoms with Gasteiger partial charge in [-0.3, -0.25) is 9.69 Å². The standard InChI is InChI=1S/C24H26N2O2/c1-24(2)15-8-13-18(20(24)14-15)22-25-21-7-5-4-6-19(21)23(27)26(22)16-9-11-17(28-3)12-10-16/h4-7,9-13,15,20,22,25H,8,14H2,1-3H3. The highest BCUT2D eigenvalue weighted by atomic mass is 16.5. The quantitative estimate of drug-likeness (QED) is 0.761. The second kappa shape index (κ2) is 6.13. The van der Waals surface area contributed by atoms with Gasteiger partial charge < -0.3 is 10.1 Å². The number of amides is 1. The minimum atomic E-state index is -0.152. The molecule has 4 nitrogen and oxygen atoms in total. The highest BCUT2D eigenvalue weighted by Gasteiger charge is 2.54. The third-order valence-corrected chi connectivity index (χ3v) is 7.10. The van der Waals surface area contributed by atoms with Crippen LogP contribution < -0.4 is 15.0 Å². The number of rotatable bonds is 3. The molecule has 1 amide bonds. The lowest BCUT2D eigenvalue weighted by atomic mass is 9.48. The van der Waals surface area contributed by atoms with Crippen molar-refractivity contribution in [1.29, 1.82) is 0 Å². The lowest BCUT2D eigenvalue weighted by molar-refractivity contribution is -0.00924. The largest absolute Gasteiger partial charge is 0.497 e. The van der Waals surface area contributed by atoms with Crippen molar-refractivity contribution in [3.05, 3.63) is 65.7 Å². The first-order valence-electron chi connectivity index (χ1n) is 10.0. The van der Waals surface area contributed by atoms with Crippen molar-refractivity contribution in [2.45, 2.75) is 32.9 Å². The van der Waals surface area contributed by atoms with Crippen molar-refractivity contribution in [1.82, 2.24) is 0 Å². The molecule has 3 unspecified atom stereocenters. The summed E-state index contributed by atoms with van der Waals surface area (Å²) in [6, 6.07) is 15.6. The molecule has 3 aliphatic carbocycles. The molecule has 144 valence electrons. The molecular weight excluding hydrogens is 348 g/mol. The summed E-state index contributed by atoms with van der Waals surface area (Å²) in [7, 11) is 1.66. The summed E-state index contributed by atoms with van der Waals surface area (Å²) >= 11 is 0. The molecule has 1 heterocycles. The Morgan fingerprint density at radius 2 is 1.86 bits per heavy atom. The lowest BCUT2D eigenvalue weighted by Crippen LogP contribution is -2.57. The van der Waals surface area contributed by atoms with E-state index >= 15 is 0 Å². The summed E-state index contributed by atoms with van der Waals surface area (Å²) in [5, 5.41) is 3.67. The van der Waals surface area contributed by atoms with Crippen LogP contribution in [0.15, 0.2) is 60.2 Å².